The smallest absolute Gasteiger partial charge is 0.350 e. The van der Waals surface area contributed by atoms with Crippen molar-refractivity contribution in [2.45, 2.75) is 12.7 Å². The molecule has 2 rings (SSSR count). The van der Waals surface area contributed by atoms with Gasteiger partial charge in [-0.25, -0.2) is 9.37 Å². The summed E-state index contributed by atoms with van der Waals surface area (Å²) < 4.78 is 50.6. The zero-order valence-corrected chi connectivity index (χ0v) is 17.1. The first-order valence-electron chi connectivity index (χ1n) is 7.29. The van der Waals surface area contributed by atoms with E-state index in [-0.39, 0.29) is 48.0 Å². The Labute approximate surface area is 173 Å². The van der Waals surface area contributed by atoms with Crippen LogP contribution < -0.4 is 16.0 Å². The van der Waals surface area contributed by atoms with Crippen LogP contribution in [-0.2, 0) is 17.5 Å². The minimum absolute atomic E-state index is 0. The Bertz CT molecular complexity index is 797. The molecule has 0 saturated heterocycles. The number of benzene rings is 1. The zero-order chi connectivity index (χ0) is 19.2. The quantitative estimate of drug-likeness (QED) is 0.247. The van der Waals surface area contributed by atoms with Crippen LogP contribution in [0.15, 0.2) is 34.6 Å². The number of aromatic nitrogens is 1. The predicted molar refractivity (Wildman–Crippen MR) is 106 cm³/mol. The molecule has 0 unspecified atom stereocenters. The van der Waals surface area contributed by atoms with Gasteiger partial charge in [-0.15, -0.1) is 35.3 Å². The fraction of sp³-hybridized carbons (Fsp3) is 0.267. The summed E-state index contributed by atoms with van der Waals surface area (Å²) in [5.74, 6) is -0.704. The maximum absolute atomic E-state index is 13.1. The van der Waals surface area contributed by atoms with Crippen LogP contribution in [0.3, 0.4) is 0 Å². The second kappa shape index (κ2) is 10.4. The minimum atomic E-state index is -4.48. The van der Waals surface area contributed by atoms with Crippen LogP contribution in [0.1, 0.15) is 10.7 Å². The van der Waals surface area contributed by atoms with E-state index in [1.165, 1.54) is 31.3 Å². The first-order chi connectivity index (χ1) is 12.3. The van der Waals surface area contributed by atoms with Crippen molar-refractivity contribution in [3.05, 3.63) is 46.2 Å². The van der Waals surface area contributed by atoms with Crippen molar-refractivity contribution >= 4 is 52.9 Å². The van der Waals surface area contributed by atoms with Crippen molar-refractivity contribution in [1.29, 1.82) is 0 Å². The van der Waals surface area contributed by atoms with Gasteiger partial charge in [-0.2, -0.15) is 13.2 Å². The van der Waals surface area contributed by atoms with Crippen LogP contribution in [-0.4, -0.2) is 30.4 Å². The van der Waals surface area contributed by atoms with Crippen LogP contribution in [0.25, 0.3) is 0 Å². The molecule has 0 aliphatic carbocycles. The lowest BCUT2D eigenvalue weighted by Crippen LogP contribution is -2.41. The molecule has 1 aromatic heterocycles. The summed E-state index contributed by atoms with van der Waals surface area (Å²) in [6.07, 6.45) is -4.48. The molecule has 6 nitrogen and oxygen atoms in total. The van der Waals surface area contributed by atoms with Crippen molar-refractivity contribution in [3.8, 4) is 0 Å². The summed E-state index contributed by atoms with van der Waals surface area (Å²) in [7, 11) is 1.45. The molecule has 1 amide bonds. The lowest BCUT2D eigenvalue weighted by atomic mass is 10.3. The highest BCUT2D eigenvalue weighted by atomic mass is 127. The summed E-state index contributed by atoms with van der Waals surface area (Å²) in [6.45, 7) is -0.145. The molecular weight excluding hydrogens is 501 g/mol. The van der Waals surface area contributed by atoms with E-state index in [0.29, 0.717) is 5.69 Å². The minimum Gasteiger partial charge on any atom is -0.350 e. The number of carbonyl (C=O) groups is 1. The third kappa shape index (κ3) is 7.66. The van der Waals surface area contributed by atoms with Gasteiger partial charge in [0, 0.05) is 18.1 Å². The molecule has 0 aliphatic heterocycles. The second-order valence-corrected chi connectivity index (χ2v) is 5.90. The van der Waals surface area contributed by atoms with Crippen molar-refractivity contribution in [1.82, 2.24) is 15.6 Å². The normalized spacial score (nSPS) is 11.5. The Kier molecular flexibility index (Phi) is 8.88. The van der Waals surface area contributed by atoms with Crippen LogP contribution in [0, 0.1) is 5.82 Å². The number of thiazole rings is 1. The van der Waals surface area contributed by atoms with Crippen LogP contribution in [0.2, 0.25) is 0 Å². The third-order valence-corrected chi connectivity index (χ3v) is 3.85. The summed E-state index contributed by atoms with van der Waals surface area (Å²) >= 11 is 0.865. The number of rotatable bonds is 5. The van der Waals surface area contributed by atoms with Gasteiger partial charge in [-0.05, 0) is 18.2 Å². The number of hydrogen-bond donors (Lipinski definition) is 3. The molecule has 148 valence electrons. The number of nitrogens with zero attached hydrogens (tertiary/aromatic N) is 2. The molecule has 0 atom stereocenters. The number of guanidine groups is 1. The number of amides is 1. The van der Waals surface area contributed by atoms with Gasteiger partial charge in [0.05, 0.1) is 13.1 Å². The monoisotopic (exact) mass is 517 g/mol. The standard InChI is InChI=1S/C15H15F4N5OS.HI/c1-20-14(22-7-13-24-11(8-26-13)15(17,18)19)21-6-12(25)23-10-4-2-3-9(16)5-10;/h2-5,8H,6-7H2,1H3,(H,23,25)(H2,20,21,22);1H. The van der Waals surface area contributed by atoms with E-state index in [1.54, 1.807) is 0 Å². The van der Waals surface area contributed by atoms with Gasteiger partial charge in [0.1, 0.15) is 10.8 Å². The lowest BCUT2D eigenvalue weighted by molar-refractivity contribution is -0.140. The Morgan fingerprint density at radius 2 is 2.04 bits per heavy atom. The van der Waals surface area contributed by atoms with E-state index in [0.717, 1.165) is 16.7 Å². The molecule has 1 heterocycles. The molecule has 0 bridgehead atoms. The maximum atomic E-state index is 13.1. The molecular formula is C15H16F4IN5OS. The molecule has 1 aromatic carbocycles. The van der Waals surface area contributed by atoms with Gasteiger partial charge in [0.2, 0.25) is 5.91 Å². The number of nitrogens with one attached hydrogen (secondary N) is 3. The van der Waals surface area contributed by atoms with Crippen LogP contribution >= 0.6 is 35.3 Å². The summed E-state index contributed by atoms with van der Waals surface area (Å²) in [5, 5.41) is 9.11. The number of aliphatic imine (C=N–C) groups is 1. The Balaban J connectivity index is 0.00000364. The van der Waals surface area contributed by atoms with Gasteiger partial charge in [0.25, 0.3) is 0 Å². The van der Waals surface area contributed by atoms with Crippen molar-refractivity contribution in [2.75, 3.05) is 18.9 Å². The average Bonchev–Trinajstić information content (AvgIpc) is 3.04. The number of alkyl halides is 3. The SMILES string of the molecule is CN=C(NCC(=O)Nc1cccc(F)c1)NCc1nc(C(F)(F)F)cs1.I. The third-order valence-electron chi connectivity index (χ3n) is 3.00. The van der Waals surface area contributed by atoms with Gasteiger partial charge >= 0.3 is 6.18 Å². The van der Waals surface area contributed by atoms with Crippen LogP contribution in [0.4, 0.5) is 23.2 Å². The molecule has 2 aromatic rings. The first-order valence-corrected chi connectivity index (χ1v) is 8.17. The van der Waals surface area contributed by atoms with Gasteiger partial charge in [-0.3, -0.25) is 9.79 Å². The molecule has 0 fully saturated rings. The summed E-state index contributed by atoms with van der Waals surface area (Å²) in [6, 6.07) is 5.42. The predicted octanol–water partition coefficient (Wildman–Crippen LogP) is 3.22. The highest BCUT2D eigenvalue weighted by molar-refractivity contribution is 14.0. The van der Waals surface area contributed by atoms with Crippen molar-refractivity contribution < 1.29 is 22.4 Å². The number of carbonyl (C=O) groups excluding carboxylic acids is 1. The fourth-order valence-corrected chi connectivity index (χ4v) is 2.58. The Morgan fingerprint density at radius 1 is 1.30 bits per heavy atom. The highest BCUT2D eigenvalue weighted by Crippen LogP contribution is 2.29. The lowest BCUT2D eigenvalue weighted by Gasteiger charge is -2.11. The molecule has 0 radical (unpaired) electrons. The van der Waals surface area contributed by atoms with E-state index >= 15 is 0 Å². The Hall–Kier alpha value is -1.96. The van der Waals surface area contributed by atoms with Gasteiger partial charge < -0.3 is 16.0 Å². The topological polar surface area (TPSA) is 78.4 Å². The first kappa shape index (κ1) is 23.1. The van der Waals surface area contributed by atoms with E-state index in [9.17, 15) is 22.4 Å². The van der Waals surface area contributed by atoms with Crippen LogP contribution in [0.5, 0.6) is 0 Å². The molecule has 27 heavy (non-hydrogen) atoms. The molecule has 3 N–H and O–H groups in total. The highest BCUT2D eigenvalue weighted by Gasteiger charge is 2.33. The molecule has 12 heteroatoms. The van der Waals surface area contributed by atoms with E-state index < -0.39 is 23.6 Å². The van der Waals surface area contributed by atoms with Gasteiger partial charge in [0.15, 0.2) is 11.7 Å². The van der Waals surface area contributed by atoms with E-state index in [2.05, 4.69) is 25.9 Å². The fourth-order valence-electron chi connectivity index (χ4n) is 1.84. The maximum Gasteiger partial charge on any atom is 0.434 e. The molecule has 0 saturated carbocycles. The summed E-state index contributed by atoms with van der Waals surface area (Å²) in [4.78, 5) is 19.2. The van der Waals surface area contributed by atoms with E-state index in [1.807, 2.05) is 0 Å². The summed E-state index contributed by atoms with van der Waals surface area (Å²) in [5.41, 5.74) is -0.640. The average molecular weight is 517 g/mol. The number of hydrogen-bond acceptors (Lipinski definition) is 4. The van der Waals surface area contributed by atoms with Crippen molar-refractivity contribution in [3.63, 3.8) is 0 Å². The van der Waals surface area contributed by atoms with Gasteiger partial charge in [-0.1, -0.05) is 6.07 Å². The molecule has 0 spiro atoms. The van der Waals surface area contributed by atoms with E-state index in [4.69, 9.17) is 0 Å². The van der Waals surface area contributed by atoms with Crippen molar-refractivity contribution in [2.24, 2.45) is 4.99 Å². The number of halogens is 5. The second-order valence-electron chi connectivity index (χ2n) is 4.96. The zero-order valence-electron chi connectivity index (χ0n) is 13.9. The number of anilines is 1. The largest absolute Gasteiger partial charge is 0.434 e. The Morgan fingerprint density at radius 3 is 2.63 bits per heavy atom. The molecule has 0 aliphatic rings.